The highest BCUT2D eigenvalue weighted by atomic mass is 16.1. The monoisotopic (exact) mass is 195 g/mol. The van der Waals surface area contributed by atoms with Crippen LogP contribution in [-0.4, -0.2) is 12.5 Å². The molecule has 1 atom stereocenters. The van der Waals surface area contributed by atoms with E-state index in [9.17, 15) is 4.79 Å². The maximum absolute atomic E-state index is 11.7. The van der Waals surface area contributed by atoms with Crippen LogP contribution >= 0.6 is 0 Å². The van der Waals surface area contributed by atoms with Gasteiger partial charge in [-0.05, 0) is 25.2 Å². The Morgan fingerprint density at radius 2 is 1.79 bits per heavy atom. The molecule has 2 fully saturated rings. The van der Waals surface area contributed by atoms with E-state index in [1.54, 1.807) is 0 Å². The number of carbonyl (C=O) groups excluding carboxylic acids is 1. The number of hydrogen-bond donors (Lipinski definition) is 1. The average Bonchev–Trinajstić information content (AvgIpc) is 2.60. The number of hydrogen-bond acceptors (Lipinski definition) is 1. The van der Waals surface area contributed by atoms with Crippen LogP contribution in [0.3, 0.4) is 0 Å². The summed E-state index contributed by atoms with van der Waals surface area (Å²) in [5.41, 5.74) is 0. The molecule has 1 heterocycles. The third-order valence-corrected chi connectivity index (χ3v) is 3.74. The molecule has 2 nitrogen and oxygen atoms in total. The molecule has 2 rings (SSSR count). The van der Waals surface area contributed by atoms with Gasteiger partial charge in [-0.1, -0.05) is 32.1 Å². The summed E-state index contributed by atoms with van der Waals surface area (Å²) >= 11 is 0. The maximum Gasteiger partial charge on any atom is 0.223 e. The molecule has 2 aliphatic rings. The molecule has 0 aromatic heterocycles. The Balaban J connectivity index is 1.84. The largest absolute Gasteiger partial charge is 0.356 e. The summed E-state index contributed by atoms with van der Waals surface area (Å²) in [5.74, 6) is 1.51. The van der Waals surface area contributed by atoms with E-state index in [2.05, 4.69) is 5.32 Å². The third-order valence-electron chi connectivity index (χ3n) is 3.74. The zero-order chi connectivity index (χ0) is 9.80. The molecular weight excluding hydrogens is 174 g/mol. The predicted molar refractivity (Wildman–Crippen MR) is 56.9 cm³/mol. The van der Waals surface area contributed by atoms with Gasteiger partial charge in [0.25, 0.3) is 0 Å². The van der Waals surface area contributed by atoms with E-state index >= 15 is 0 Å². The molecule has 0 radical (unpaired) electrons. The van der Waals surface area contributed by atoms with Crippen LogP contribution in [0.2, 0.25) is 0 Å². The molecule has 2 heteroatoms. The molecule has 1 saturated carbocycles. The van der Waals surface area contributed by atoms with E-state index < -0.39 is 0 Å². The zero-order valence-electron chi connectivity index (χ0n) is 8.93. The Kier molecular flexibility index (Phi) is 3.44. The molecule has 0 spiro atoms. The van der Waals surface area contributed by atoms with E-state index in [4.69, 9.17) is 0 Å². The standard InChI is InChI=1S/C12H21NO/c14-12-11(7-3-4-8-13-12)9-10-5-1-2-6-10/h10-11H,1-9H2,(H,13,14). The van der Waals surface area contributed by atoms with E-state index in [1.165, 1.54) is 38.5 Å². The van der Waals surface area contributed by atoms with E-state index in [1.807, 2.05) is 0 Å². The molecule has 0 aromatic rings. The van der Waals surface area contributed by atoms with Crippen LogP contribution in [0.4, 0.5) is 0 Å². The normalized spacial score (nSPS) is 30.0. The fourth-order valence-corrected chi connectivity index (χ4v) is 2.88. The lowest BCUT2D eigenvalue weighted by atomic mass is 9.90. The van der Waals surface area contributed by atoms with Gasteiger partial charge in [0.15, 0.2) is 0 Å². The number of rotatable bonds is 2. The molecule has 0 aromatic carbocycles. The second kappa shape index (κ2) is 4.81. The summed E-state index contributed by atoms with van der Waals surface area (Å²) in [4.78, 5) is 11.7. The highest BCUT2D eigenvalue weighted by Crippen LogP contribution is 2.32. The van der Waals surface area contributed by atoms with Crippen molar-refractivity contribution in [3.8, 4) is 0 Å². The first-order chi connectivity index (χ1) is 6.86. The van der Waals surface area contributed by atoms with Gasteiger partial charge in [-0.2, -0.15) is 0 Å². The van der Waals surface area contributed by atoms with E-state index in [0.29, 0.717) is 11.8 Å². The summed E-state index contributed by atoms with van der Waals surface area (Å²) in [5, 5.41) is 3.03. The fraction of sp³-hybridized carbons (Fsp3) is 0.917. The van der Waals surface area contributed by atoms with Gasteiger partial charge in [0.05, 0.1) is 0 Å². The van der Waals surface area contributed by atoms with Crippen molar-refractivity contribution in [1.29, 1.82) is 0 Å². The summed E-state index contributed by atoms with van der Waals surface area (Å²) in [6.07, 6.45) is 10.2. The Labute approximate surface area is 86.5 Å². The summed E-state index contributed by atoms with van der Waals surface area (Å²) in [6.45, 7) is 0.903. The minimum Gasteiger partial charge on any atom is -0.356 e. The smallest absolute Gasteiger partial charge is 0.223 e. The molecular formula is C12H21NO. The highest BCUT2D eigenvalue weighted by Gasteiger charge is 2.25. The van der Waals surface area contributed by atoms with Crippen molar-refractivity contribution in [3.63, 3.8) is 0 Å². The highest BCUT2D eigenvalue weighted by molar-refractivity contribution is 5.78. The second-order valence-electron chi connectivity index (χ2n) is 4.87. The van der Waals surface area contributed by atoms with Crippen LogP contribution in [0.25, 0.3) is 0 Å². The number of amides is 1. The lowest BCUT2D eigenvalue weighted by molar-refractivity contribution is -0.125. The Bertz CT molecular complexity index is 196. The van der Waals surface area contributed by atoms with E-state index in [0.717, 1.165) is 25.3 Å². The van der Waals surface area contributed by atoms with Gasteiger partial charge in [-0.3, -0.25) is 4.79 Å². The molecule has 14 heavy (non-hydrogen) atoms. The Morgan fingerprint density at radius 1 is 1.07 bits per heavy atom. The number of carbonyl (C=O) groups is 1. The zero-order valence-corrected chi connectivity index (χ0v) is 8.93. The lowest BCUT2D eigenvalue weighted by Gasteiger charge is -2.17. The average molecular weight is 195 g/mol. The van der Waals surface area contributed by atoms with Crippen LogP contribution in [0.1, 0.15) is 51.4 Å². The molecule has 1 aliphatic heterocycles. The molecule has 1 amide bonds. The first-order valence-corrected chi connectivity index (χ1v) is 6.14. The molecule has 1 N–H and O–H groups in total. The van der Waals surface area contributed by atoms with Crippen LogP contribution in [-0.2, 0) is 4.79 Å². The predicted octanol–water partition coefficient (Wildman–Crippen LogP) is 2.48. The Hall–Kier alpha value is -0.530. The third kappa shape index (κ3) is 2.49. The SMILES string of the molecule is O=C1NCCCCC1CC1CCCC1. The van der Waals surface area contributed by atoms with Crippen LogP contribution in [0, 0.1) is 11.8 Å². The molecule has 0 bridgehead atoms. The quantitative estimate of drug-likeness (QED) is 0.720. The second-order valence-corrected chi connectivity index (χ2v) is 4.87. The molecule has 1 unspecified atom stereocenters. The van der Waals surface area contributed by atoms with Crippen LogP contribution < -0.4 is 5.32 Å². The van der Waals surface area contributed by atoms with Crippen molar-refractivity contribution < 1.29 is 4.79 Å². The van der Waals surface area contributed by atoms with E-state index in [-0.39, 0.29) is 0 Å². The van der Waals surface area contributed by atoms with Gasteiger partial charge >= 0.3 is 0 Å². The van der Waals surface area contributed by atoms with Gasteiger partial charge in [0.2, 0.25) is 5.91 Å². The van der Waals surface area contributed by atoms with Gasteiger partial charge in [-0.15, -0.1) is 0 Å². The van der Waals surface area contributed by atoms with Crippen molar-refractivity contribution in [1.82, 2.24) is 5.32 Å². The topological polar surface area (TPSA) is 29.1 Å². The van der Waals surface area contributed by atoms with Crippen molar-refractivity contribution in [2.45, 2.75) is 51.4 Å². The summed E-state index contributed by atoms with van der Waals surface area (Å²) in [7, 11) is 0. The van der Waals surface area contributed by atoms with Crippen LogP contribution in [0.5, 0.6) is 0 Å². The minimum absolute atomic E-state index is 0.328. The molecule has 80 valence electrons. The van der Waals surface area contributed by atoms with Crippen molar-refractivity contribution in [2.75, 3.05) is 6.54 Å². The first kappa shape index (κ1) is 10.0. The Morgan fingerprint density at radius 3 is 2.57 bits per heavy atom. The van der Waals surface area contributed by atoms with Crippen LogP contribution in [0.15, 0.2) is 0 Å². The van der Waals surface area contributed by atoms with Crippen molar-refractivity contribution in [2.24, 2.45) is 11.8 Å². The molecule has 1 aliphatic carbocycles. The van der Waals surface area contributed by atoms with Crippen molar-refractivity contribution in [3.05, 3.63) is 0 Å². The molecule has 1 saturated heterocycles. The summed E-state index contributed by atoms with van der Waals surface area (Å²) < 4.78 is 0. The van der Waals surface area contributed by atoms with Crippen molar-refractivity contribution >= 4 is 5.91 Å². The van der Waals surface area contributed by atoms with Gasteiger partial charge < -0.3 is 5.32 Å². The van der Waals surface area contributed by atoms with Gasteiger partial charge in [-0.25, -0.2) is 0 Å². The summed E-state index contributed by atoms with van der Waals surface area (Å²) in [6, 6.07) is 0. The lowest BCUT2D eigenvalue weighted by Crippen LogP contribution is -2.29. The maximum atomic E-state index is 11.7. The number of nitrogens with one attached hydrogen (secondary N) is 1. The fourth-order valence-electron chi connectivity index (χ4n) is 2.88. The van der Waals surface area contributed by atoms with Gasteiger partial charge in [0.1, 0.15) is 0 Å². The first-order valence-electron chi connectivity index (χ1n) is 6.14. The van der Waals surface area contributed by atoms with Gasteiger partial charge in [0, 0.05) is 12.5 Å². The minimum atomic E-state index is 0.328.